The van der Waals surface area contributed by atoms with Gasteiger partial charge in [-0.05, 0) is 50.7 Å². The molecular formula is C18H23N3O3. The van der Waals surface area contributed by atoms with E-state index in [1.807, 2.05) is 31.2 Å². The van der Waals surface area contributed by atoms with Crippen LogP contribution in [0.1, 0.15) is 18.2 Å². The molecular weight excluding hydrogens is 306 g/mol. The molecule has 2 aromatic rings. The standard InChI is InChI=1S/C18H23N3O3/c1-13-6-4-7-15(10-13)20-18(23)14(2)21(3)12-17(22)19-11-16-8-5-9-24-16/h4-10,14H,11-12H2,1-3H3,(H,19,22)(H,20,23)/t14-/m1/s1. The quantitative estimate of drug-likeness (QED) is 0.816. The first-order valence-electron chi connectivity index (χ1n) is 7.82. The molecule has 1 atom stereocenters. The van der Waals surface area contributed by atoms with Crippen LogP contribution in [0.4, 0.5) is 5.69 Å². The fourth-order valence-electron chi connectivity index (χ4n) is 2.19. The van der Waals surface area contributed by atoms with Crippen molar-refractivity contribution in [2.45, 2.75) is 26.4 Å². The summed E-state index contributed by atoms with van der Waals surface area (Å²) in [6, 6.07) is 10.7. The van der Waals surface area contributed by atoms with E-state index in [2.05, 4.69) is 10.6 Å². The van der Waals surface area contributed by atoms with E-state index in [0.29, 0.717) is 12.3 Å². The first-order valence-corrected chi connectivity index (χ1v) is 7.82. The van der Waals surface area contributed by atoms with Crippen molar-refractivity contribution in [3.05, 3.63) is 54.0 Å². The molecule has 2 N–H and O–H groups in total. The van der Waals surface area contributed by atoms with Gasteiger partial charge in [0.1, 0.15) is 5.76 Å². The van der Waals surface area contributed by atoms with Crippen LogP contribution in [0.5, 0.6) is 0 Å². The lowest BCUT2D eigenvalue weighted by Gasteiger charge is -2.23. The average Bonchev–Trinajstić information content (AvgIpc) is 3.05. The number of likely N-dealkylation sites (N-methyl/N-ethyl adjacent to an activating group) is 1. The zero-order valence-corrected chi connectivity index (χ0v) is 14.2. The number of anilines is 1. The Bertz CT molecular complexity index is 683. The van der Waals surface area contributed by atoms with Crippen LogP contribution in [-0.2, 0) is 16.1 Å². The minimum atomic E-state index is -0.431. The van der Waals surface area contributed by atoms with E-state index in [9.17, 15) is 9.59 Å². The number of furan rings is 1. The predicted molar refractivity (Wildman–Crippen MR) is 92.5 cm³/mol. The molecule has 1 heterocycles. The highest BCUT2D eigenvalue weighted by atomic mass is 16.3. The highest BCUT2D eigenvalue weighted by Gasteiger charge is 2.20. The third-order valence-electron chi connectivity index (χ3n) is 3.76. The van der Waals surface area contributed by atoms with Gasteiger partial charge >= 0.3 is 0 Å². The summed E-state index contributed by atoms with van der Waals surface area (Å²) in [6.45, 7) is 4.20. The van der Waals surface area contributed by atoms with E-state index in [1.165, 1.54) is 0 Å². The van der Waals surface area contributed by atoms with Crippen LogP contribution in [0.25, 0.3) is 0 Å². The van der Waals surface area contributed by atoms with Crippen LogP contribution in [0.15, 0.2) is 47.1 Å². The zero-order chi connectivity index (χ0) is 17.5. The number of rotatable bonds is 7. The van der Waals surface area contributed by atoms with E-state index >= 15 is 0 Å². The fraction of sp³-hybridized carbons (Fsp3) is 0.333. The minimum absolute atomic E-state index is 0.128. The SMILES string of the molecule is Cc1cccc(NC(=O)[C@@H](C)N(C)CC(=O)NCc2ccco2)c1. The van der Waals surface area contributed by atoms with Crippen molar-refractivity contribution in [3.8, 4) is 0 Å². The molecule has 6 heteroatoms. The lowest BCUT2D eigenvalue weighted by Crippen LogP contribution is -2.44. The van der Waals surface area contributed by atoms with Gasteiger partial charge in [-0.15, -0.1) is 0 Å². The number of carbonyl (C=O) groups excluding carboxylic acids is 2. The summed E-state index contributed by atoms with van der Waals surface area (Å²) in [5.41, 5.74) is 1.83. The second-order valence-corrected chi connectivity index (χ2v) is 5.81. The molecule has 0 fully saturated rings. The fourth-order valence-corrected chi connectivity index (χ4v) is 2.19. The maximum atomic E-state index is 12.3. The molecule has 0 radical (unpaired) electrons. The number of hydrogen-bond donors (Lipinski definition) is 2. The van der Waals surface area contributed by atoms with Gasteiger partial charge in [0.15, 0.2) is 0 Å². The van der Waals surface area contributed by atoms with Crippen molar-refractivity contribution in [1.82, 2.24) is 10.2 Å². The molecule has 1 aromatic heterocycles. The normalized spacial score (nSPS) is 12.0. The Morgan fingerprint density at radius 3 is 2.71 bits per heavy atom. The molecule has 0 unspecified atom stereocenters. The Morgan fingerprint density at radius 2 is 2.04 bits per heavy atom. The molecule has 2 amide bonds. The topological polar surface area (TPSA) is 74.6 Å². The Kier molecular flexibility index (Phi) is 6.14. The van der Waals surface area contributed by atoms with Gasteiger partial charge in [-0.2, -0.15) is 0 Å². The summed E-state index contributed by atoms with van der Waals surface area (Å²) in [6.07, 6.45) is 1.56. The summed E-state index contributed by atoms with van der Waals surface area (Å²) in [7, 11) is 1.74. The first kappa shape index (κ1) is 17.7. The highest BCUT2D eigenvalue weighted by molar-refractivity contribution is 5.95. The third-order valence-corrected chi connectivity index (χ3v) is 3.76. The van der Waals surface area contributed by atoms with Crippen molar-refractivity contribution in [1.29, 1.82) is 0 Å². The molecule has 1 aromatic carbocycles. The number of aryl methyl sites for hydroxylation is 1. The maximum absolute atomic E-state index is 12.3. The van der Waals surface area contributed by atoms with Crippen LogP contribution >= 0.6 is 0 Å². The summed E-state index contributed by atoms with van der Waals surface area (Å²) in [4.78, 5) is 25.9. The Labute approximate surface area is 141 Å². The molecule has 0 saturated heterocycles. The van der Waals surface area contributed by atoms with Gasteiger partial charge in [0.05, 0.1) is 25.4 Å². The third kappa shape index (κ3) is 5.24. The largest absolute Gasteiger partial charge is 0.467 e. The molecule has 2 rings (SSSR count). The summed E-state index contributed by atoms with van der Waals surface area (Å²) >= 11 is 0. The van der Waals surface area contributed by atoms with Crippen molar-refractivity contribution < 1.29 is 14.0 Å². The lowest BCUT2D eigenvalue weighted by atomic mass is 10.2. The van der Waals surface area contributed by atoms with Crippen molar-refractivity contribution in [2.75, 3.05) is 18.9 Å². The summed E-state index contributed by atoms with van der Waals surface area (Å²) < 4.78 is 5.16. The second-order valence-electron chi connectivity index (χ2n) is 5.81. The number of nitrogens with one attached hydrogen (secondary N) is 2. The van der Waals surface area contributed by atoms with E-state index in [1.54, 1.807) is 37.3 Å². The molecule has 6 nitrogen and oxygen atoms in total. The van der Waals surface area contributed by atoms with Crippen molar-refractivity contribution in [3.63, 3.8) is 0 Å². The van der Waals surface area contributed by atoms with E-state index in [4.69, 9.17) is 4.42 Å². The average molecular weight is 329 g/mol. The number of carbonyl (C=O) groups is 2. The number of nitrogens with zero attached hydrogens (tertiary/aromatic N) is 1. The monoisotopic (exact) mass is 329 g/mol. The van der Waals surface area contributed by atoms with E-state index in [0.717, 1.165) is 11.3 Å². The lowest BCUT2D eigenvalue weighted by molar-refractivity contribution is -0.125. The minimum Gasteiger partial charge on any atom is -0.467 e. The maximum Gasteiger partial charge on any atom is 0.241 e. The van der Waals surface area contributed by atoms with E-state index in [-0.39, 0.29) is 18.4 Å². The van der Waals surface area contributed by atoms with Crippen LogP contribution in [0.3, 0.4) is 0 Å². The Morgan fingerprint density at radius 1 is 1.25 bits per heavy atom. The van der Waals surface area contributed by atoms with Crippen molar-refractivity contribution in [2.24, 2.45) is 0 Å². The molecule has 0 bridgehead atoms. The van der Waals surface area contributed by atoms with Crippen LogP contribution in [0, 0.1) is 6.92 Å². The molecule has 0 spiro atoms. The molecule has 0 aliphatic carbocycles. The van der Waals surface area contributed by atoms with E-state index < -0.39 is 6.04 Å². The van der Waals surface area contributed by atoms with Gasteiger partial charge in [-0.3, -0.25) is 14.5 Å². The molecule has 0 saturated carbocycles. The van der Waals surface area contributed by atoms with Crippen LogP contribution in [0.2, 0.25) is 0 Å². The number of benzene rings is 1. The summed E-state index contributed by atoms with van der Waals surface area (Å²) in [5.74, 6) is 0.377. The number of hydrogen-bond acceptors (Lipinski definition) is 4. The molecule has 0 aliphatic rings. The smallest absolute Gasteiger partial charge is 0.241 e. The van der Waals surface area contributed by atoms with Gasteiger partial charge < -0.3 is 15.1 Å². The highest BCUT2D eigenvalue weighted by Crippen LogP contribution is 2.10. The van der Waals surface area contributed by atoms with Gasteiger partial charge in [0.25, 0.3) is 0 Å². The number of amides is 2. The van der Waals surface area contributed by atoms with Gasteiger partial charge in [-0.25, -0.2) is 0 Å². The van der Waals surface area contributed by atoms with Gasteiger partial charge in [0, 0.05) is 5.69 Å². The van der Waals surface area contributed by atoms with Crippen LogP contribution < -0.4 is 10.6 Å². The van der Waals surface area contributed by atoms with Gasteiger partial charge in [0.2, 0.25) is 11.8 Å². The second kappa shape index (κ2) is 8.31. The Balaban J connectivity index is 1.80. The molecule has 0 aliphatic heterocycles. The predicted octanol–water partition coefficient (Wildman–Crippen LogP) is 2.16. The molecule has 128 valence electrons. The summed E-state index contributed by atoms with van der Waals surface area (Å²) in [5, 5.41) is 5.62. The first-order chi connectivity index (χ1) is 11.5. The zero-order valence-electron chi connectivity index (χ0n) is 14.2. The molecule has 24 heavy (non-hydrogen) atoms. The van der Waals surface area contributed by atoms with Crippen LogP contribution in [-0.4, -0.2) is 36.3 Å². The van der Waals surface area contributed by atoms with Crippen molar-refractivity contribution >= 4 is 17.5 Å². The van der Waals surface area contributed by atoms with Gasteiger partial charge in [-0.1, -0.05) is 12.1 Å². The Hall–Kier alpha value is -2.60.